The van der Waals surface area contributed by atoms with Crippen molar-refractivity contribution in [3.63, 3.8) is 0 Å². The van der Waals surface area contributed by atoms with Crippen LogP contribution in [0.5, 0.6) is 0 Å². The number of aryl methyl sites for hydroxylation is 2. The van der Waals surface area contributed by atoms with Crippen LogP contribution in [0.15, 0.2) is 12.3 Å². The van der Waals surface area contributed by atoms with Crippen molar-refractivity contribution in [3.8, 4) is 11.3 Å². The number of hydrogen-bond donors (Lipinski definition) is 3. The Morgan fingerprint density at radius 2 is 2.00 bits per heavy atom. The van der Waals surface area contributed by atoms with Gasteiger partial charge >= 0.3 is 0 Å². The third kappa shape index (κ3) is 5.62. The monoisotopic (exact) mass is 502 g/mol. The van der Waals surface area contributed by atoms with Gasteiger partial charge in [0.2, 0.25) is 0 Å². The fourth-order valence-corrected chi connectivity index (χ4v) is 5.45. The van der Waals surface area contributed by atoms with E-state index in [1.165, 1.54) is 0 Å². The van der Waals surface area contributed by atoms with Crippen molar-refractivity contribution in [1.29, 1.82) is 0 Å². The lowest BCUT2D eigenvalue weighted by atomic mass is 9.79. The lowest BCUT2D eigenvalue weighted by Crippen LogP contribution is -2.45. The Bertz CT molecular complexity index is 1050. The normalized spacial score (nSPS) is 21.1. The molecule has 2 aromatic rings. The fraction of sp³-hybridized carbons (Fsp3) is 0.571. The molecule has 0 aromatic carbocycles. The Morgan fingerprint density at radius 3 is 2.59 bits per heavy atom. The van der Waals surface area contributed by atoms with E-state index in [0.29, 0.717) is 49.5 Å². The summed E-state index contributed by atoms with van der Waals surface area (Å²) >= 11 is 12.6. The molecule has 176 valence electrons. The number of aliphatic hydroxyl groups is 1. The largest absolute Gasteiger partial charge is 0.388 e. The van der Waals surface area contributed by atoms with Crippen LogP contribution in [0.3, 0.4) is 0 Å². The van der Waals surface area contributed by atoms with Gasteiger partial charge < -0.3 is 10.4 Å². The molecule has 0 aliphatic heterocycles. The lowest BCUT2D eigenvalue weighted by Gasteiger charge is -2.35. The Balaban J connectivity index is 1.76. The van der Waals surface area contributed by atoms with Crippen LogP contribution in [-0.2, 0) is 23.7 Å². The van der Waals surface area contributed by atoms with Gasteiger partial charge in [-0.25, -0.2) is 13.4 Å². The molecule has 1 aliphatic carbocycles. The van der Waals surface area contributed by atoms with E-state index >= 15 is 0 Å². The summed E-state index contributed by atoms with van der Waals surface area (Å²) in [5.74, 6) is -0.268. The summed E-state index contributed by atoms with van der Waals surface area (Å²) in [6, 6.07) is 1.77. The van der Waals surface area contributed by atoms with Gasteiger partial charge in [0.1, 0.15) is 15.9 Å². The van der Waals surface area contributed by atoms with Gasteiger partial charge in [0.25, 0.3) is 5.91 Å². The maximum Gasteiger partial charge on any atom is 0.273 e. The summed E-state index contributed by atoms with van der Waals surface area (Å²) in [4.78, 5) is 17.0. The third-order valence-corrected chi connectivity index (χ3v) is 7.40. The summed E-state index contributed by atoms with van der Waals surface area (Å²) in [6.45, 7) is 4.45. The van der Waals surface area contributed by atoms with Crippen LogP contribution in [0.2, 0.25) is 10.2 Å². The van der Waals surface area contributed by atoms with Crippen LogP contribution in [0.4, 0.5) is 0 Å². The first-order valence-electron chi connectivity index (χ1n) is 10.7. The number of pyridine rings is 1. The quantitative estimate of drug-likeness (QED) is 0.377. The highest BCUT2D eigenvalue weighted by Crippen LogP contribution is 2.35. The highest BCUT2D eigenvalue weighted by molar-refractivity contribution is 7.72. The first kappa shape index (κ1) is 25.0. The van der Waals surface area contributed by atoms with Gasteiger partial charge in [-0.3, -0.25) is 9.48 Å². The molecule has 0 unspecified atom stereocenters. The van der Waals surface area contributed by atoms with Gasteiger partial charge in [-0.05, 0) is 56.6 Å². The average molecular weight is 503 g/mol. The molecule has 0 bridgehead atoms. The number of halogens is 2. The second-order valence-electron chi connectivity index (χ2n) is 8.21. The molecule has 0 atom stereocenters. The topological polar surface area (TPSA) is 114 Å². The number of carbonyl (C=O) groups excluding carboxylic acids is 1. The number of rotatable bonds is 8. The predicted octanol–water partition coefficient (Wildman–Crippen LogP) is 3.10. The number of amides is 1. The number of carbonyl (C=O) groups is 1. The minimum Gasteiger partial charge on any atom is -0.388 e. The molecule has 11 heteroatoms. The molecule has 0 radical (unpaired) electrons. The van der Waals surface area contributed by atoms with Crippen LogP contribution >= 0.6 is 23.2 Å². The van der Waals surface area contributed by atoms with Gasteiger partial charge in [-0.2, -0.15) is 5.10 Å². The van der Waals surface area contributed by atoms with Gasteiger partial charge in [-0.1, -0.05) is 30.1 Å². The number of nitrogens with zero attached hydrogens (tertiary/aromatic N) is 3. The molecule has 0 spiro atoms. The Labute approximate surface area is 199 Å². The van der Waals surface area contributed by atoms with Crippen molar-refractivity contribution in [2.24, 2.45) is 5.92 Å². The number of nitrogens with one attached hydrogen (secondary N) is 1. The second-order valence-corrected chi connectivity index (χ2v) is 10.0. The molecule has 1 fully saturated rings. The molecule has 2 aromatic heterocycles. The van der Waals surface area contributed by atoms with Gasteiger partial charge in [0.05, 0.1) is 22.1 Å². The number of hydrogen-bond acceptors (Lipinski definition) is 6. The standard InChI is InChI=1S/C21H28Cl2N4O4S/c1-3-14-9-16(22)24-10-15(14)19-17(23)18(26-27(19)4-2)20(28)25-12-21(29)7-5-13(6-8-21)11-32(30)31/h9-10,13,29,32H,3-8,11-12H2,1-2H3,(H,25,28)/t13-,21+. The zero-order valence-electron chi connectivity index (χ0n) is 18.1. The minimum atomic E-state index is -2.42. The minimum absolute atomic E-state index is 0.0510. The van der Waals surface area contributed by atoms with E-state index in [-0.39, 0.29) is 28.9 Å². The van der Waals surface area contributed by atoms with E-state index in [2.05, 4.69) is 15.4 Å². The van der Waals surface area contributed by atoms with Crippen molar-refractivity contribution in [2.75, 3.05) is 12.3 Å². The van der Waals surface area contributed by atoms with Crippen LogP contribution in [0.25, 0.3) is 11.3 Å². The molecule has 2 heterocycles. The smallest absolute Gasteiger partial charge is 0.273 e. The highest BCUT2D eigenvalue weighted by atomic mass is 35.5. The Hall–Kier alpha value is -1.68. The fourth-order valence-electron chi connectivity index (χ4n) is 4.16. The second kappa shape index (κ2) is 10.5. The summed E-state index contributed by atoms with van der Waals surface area (Å²) in [7, 11) is -2.42. The zero-order valence-corrected chi connectivity index (χ0v) is 20.5. The number of aromatic nitrogens is 3. The van der Waals surface area contributed by atoms with Crippen LogP contribution in [0.1, 0.15) is 55.6 Å². The molecule has 1 amide bonds. The zero-order chi connectivity index (χ0) is 23.5. The summed E-state index contributed by atoms with van der Waals surface area (Å²) in [6.07, 6.45) is 4.41. The molecule has 3 rings (SSSR count). The van der Waals surface area contributed by atoms with E-state index in [1.54, 1.807) is 16.9 Å². The van der Waals surface area contributed by atoms with Crippen LogP contribution in [0, 0.1) is 5.92 Å². The third-order valence-electron chi connectivity index (χ3n) is 6.02. The van der Waals surface area contributed by atoms with E-state index in [9.17, 15) is 18.3 Å². The predicted molar refractivity (Wildman–Crippen MR) is 125 cm³/mol. The molecule has 8 nitrogen and oxygen atoms in total. The molecule has 0 saturated heterocycles. The molecular formula is C21H28Cl2N4O4S. The molecule has 2 N–H and O–H groups in total. The molecule has 32 heavy (non-hydrogen) atoms. The van der Waals surface area contributed by atoms with E-state index < -0.39 is 22.2 Å². The summed E-state index contributed by atoms with van der Waals surface area (Å²) in [5, 5.41) is 18.6. The Kier molecular flexibility index (Phi) is 8.19. The lowest BCUT2D eigenvalue weighted by molar-refractivity contribution is -0.00503. The van der Waals surface area contributed by atoms with Crippen molar-refractivity contribution in [1.82, 2.24) is 20.1 Å². The first-order chi connectivity index (χ1) is 15.2. The van der Waals surface area contributed by atoms with Crippen LogP contribution in [-0.4, -0.2) is 52.1 Å². The van der Waals surface area contributed by atoms with Crippen molar-refractivity contribution in [2.45, 2.75) is 58.1 Å². The van der Waals surface area contributed by atoms with Gasteiger partial charge in [0, 0.05) is 24.8 Å². The highest BCUT2D eigenvalue weighted by Gasteiger charge is 2.34. The summed E-state index contributed by atoms with van der Waals surface area (Å²) in [5.41, 5.74) is 1.33. The average Bonchev–Trinajstić information content (AvgIpc) is 3.09. The van der Waals surface area contributed by atoms with Crippen molar-refractivity contribution in [3.05, 3.63) is 33.7 Å². The molecule has 1 saturated carbocycles. The van der Waals surface area contributed by atoms with Crippen molar-refractivity contribution >= 4 is 39.8 Å². The number of thiol groups is 1. The maximum absolute atomic E-state index is 12.9. The summed E-state index contributed by atoms with van der Waals surface area (Å²) < 4.78 is 23.5. The van der Waals surface area contributed by atoms with Crippen molar-refractivity contribution < 1.29 is 18.3 Å². The molecular weight excluding hydrogens is 475 g/mol. The Morgan fingerprint density at radius 1 is 1.31 bits per heavy atom. The van der Waals surface area contributed by atoms with Crippen LogP contribution < -0.4 is 5.32 Å². The first-order valence-corrected chi connectivity index (χ1v) is 12.8. The van der Waals surface area contributed by atoms with Gasteiger partial charge in [0.15, 0.2) is 5.69 Å². The van der Waals surface area contributed by atoms with E-state index in [1.807, 2.05) is 13.8 Å². The van der Waals surface area contributed by atoms with E-state index in [4.69, 9.17) is 23.2 Å². The maximum atomic E-state index is 12.9. The SMILES string of the molecule is CCc1cc(Cl)ncc1-c1c(Cl)c(C(=O)NC[C@]2(O)CC[C@@H](C[SH](=O)=O)CC2)nn1CC. The van der Waals surface area contributed by atoms with Gasteiger partial charge in [-0.15, -0.1) is 0 Å². The van der Waals surface area contributed by atoms with E-state index in [0.717, 1.165) is 11.1 Å². The molecule has 1 aliphatic rings.